The van der Waals surface area contributed by atoms with E-state index in [1.165, 1.54) is 22.3 Å². The summed E-state index contributed by atoms with van der Waals surface area (Å²) in [6.07, 6.45) is 4.34. The summed E-state index contributed by atoms with van der Waals surface area (Å²) < 4.78 is 0. The quantitative estimate of drug-likeness (QED) is 0.528. The van der Waals surface area contributed by atoms with Gasteiger partial charge in [0, 0.05) is 0 Å². The average Bonchev–Trinajstić information content (AvgIpc) is 2.31. The zero-order chi connectivity index (χ0) is 12.8. The predicted octanol–water partition coefficient (Wildman–Crippen LogP) is 4.27. The summed E-state index contributed by atoms with van der Waals surface area (Å²) in [5.74, 6) is 0. The van der Waals surface area contributed by atoms with E-state index in [0.29, 0.717) is 0 Å². The predicted molar refractivity (Wildman–Crippen MR) is 77.0 cm³/mol. The number of rotatable bonds is 5. The standard InChI is InChI=1S/C16H23N/c1-6-15(10-14(4)17-5)11-16-8-7-12(2)9-13(16)3/h7-10,14H,5-6,11H2,1-4H3/b15-10+. The van der Waals surface area contributed by atoms with Crippen molar-refractivity contribution in [3.63, 3.8) is 0 Å². The van der Waals surface area contributed by atoms with Crippen molar-refractivity contribution in [2.24, 2.45) is 4.99 Å². The van der Waals surface area contributed by atoms with Gasteiger partial charge in [0.1, 0.15) is 0 Å². The van der Waals surface area contributed by atoms with Crippen LogP contribution in [-0.4, -0.2) is 12.8 Å². The summed E-state index contributed by atoms with van der Waals surface area (Å²) >= 11 is 0. The van der Waals surface area contributed by atoms with Gasteiger partial charge in [0.05, 0.1) is 6.04 Å². The third-order valence-corrected chi connectivity index (χ3v) is 3.13. The normalized spacial score (nSPS) is 13.5. The number of hydrogen-bond acceptors (Lipinski definition) is 1. The molecule has 0 aliphatic heterocycles. The highest BCUT2D eigenvalue weighted by Gasteiger charge is 2.03. The van der Waals surface area contributed by atoms with Gasteiger partial charge in [0.15, 0.2) is 0 Å². The van der Waals surface area contributed by atoms with Crippen LogP contribution >= 0.6 is 0 Å². The Bertz CT molecular complexity index is 416. The zero-order valence-corrected chi connectivity index (χ0v) is 11.5. The van der Waals surface area contributed by atoms with Crippen LogP contribution in [0.25, 0.3) is 0 Å². The molecule has 0 radical (unpaired) electrons. The lowest BCUT2D eigenvalue weighted by Crippen LogP contribution is -1.98. The zero-order valence-electron chi connectivity index (χ0n) is 11.5. The van der Waals surface area contributed by atoms with Gasteiger partial charge in [-0.1, -0.05) is 42.3 Å². The summed E-state index contributed by atoms with van der Waals surface area (Å²) in [4.78, 5) is 4.03. The van der Waals surface area contributed by atoms with Crippen LogP contribution in [0.5, 0.6) is 0 Å². The maximum atomic E-state index is 4.03. The third kappa shape index (κ3) is 4.18. The Morgan fingerprint density at radius 3 is 2.65 bits per heavy atom. The van der Waals surface area contributed by atoms with Gasteiger partial charge in [-0.15, -0.1) is 0 Å². The van der Waals surface area contributed by atoms with E-state index in [2.05, 4.69) is 63.7 Å². The number of benzene rings is 1. The van der Waals surface area contributed by atoms with E-state index in [0.717, 1.165) is 12.8 Å². The number of nitrogens with zero attached hydrogens (tertiary/aromatic N) is 1. The van der Waals surface area contributed by atoms with Crippen molar-refractivity contribution >= 4 is 6.72 Å². The first kappa shape index (κ1) is 13.7. The van der Waals surface area contributed by atoms with Gasteiger partial charge in [-0.3, -0.25) is 4.99 Å². The highest BCUT2D eigenvalue weighted by atomic mass is 14.7. The minimum atomic E-state index is 0.218. The lowest BCUT2D eigenvalue weighted by atomic mass is 9.96. The molecule has 1 aromatic rings. The van der Waals surface area contributed by atoms with Crippen molar-refractivity contribution in [3.05, 3.63) is 46.5 Å². The van der Waals surface area contributed by atoms with Crippen molar-refractivity contribution < 1.29 is 0 Å². The van der Waals surface area contributed by atoms with E-state index in [4.69, 9.17) is 0 Å². The second kappa shape index (κ2) is 6.39. The molecular weight excluding hydrogens is 206 g/mol. The molecule has 0 spiro atoms. The SMILES string of the molecule is C=NC(C)/C=C(\CC)Cc1ccc(C)cc1C. The molecule has 0 amide bonds. The summed E-state index contributed by atoms with van der Waals surface area (Å²) in [6, 6.07) is 6.89. The Morgan fingerprint density at radius 2 is 2.12 bits per heavy atom. The Labute approximate surface area is 105 Å². The Morgan fingerprint density at radius 1 is 1.41 bits per heavy atom. The highest BCUT2D eigenvalue weighted by Crippen LogP contribution is 2.17. The minimum absolute atomic E-state index is 0.218. The fourth-order valence-corrected chi connectivity index (χ4v) is 1.98. The third-order valence-electron chi connectivity index (χ3n) is 3.13. The van der Waals surface area contributed by atoms with E-state index >= 15 is 0 Å². The molecule has 0 saturated carbocycles. The molecule has 0 fully saturated rings. The topological polar surface area (TPSA) is 12.4 Å². The van der Waals surface area contributed by atoms with Gasteiger partial charge < -0.3 is 0 Å². The van der Waals surface area contributed by atoms with E-state index < -0.39 is 0 Å². The van der Waals surface area contributed by atoms with Crippen LogP contribution in [0.1, 0.15) is 37.0 Å². The van der Waals surface area contributed by atoms with E-state index in [1.807, 2.05) is 0 Å². The van der Waals surface area contributed by atoms with Crippen LogP contribution in [0.2, 0.25) is 0 Å². The molecule has 0 heterocycles. The molecule has 1 aromatic carbocycles. The second-order valence-electron chi connectivity index (χ2n) is 4.71. The van der Waals surface area contributed by atoms with Crippen LogP contribution in [0, 0.1) is 13.8 Å². The molecule has 17 heavy (non-hydrogen) atoms. The molecule has 1 unspecified atom stereocenters. The average molecular weight is 229 g/mol. The molecular formula is C16H23N. The van der Waals surface area contributed by atoms with Gasteiger partial charge in [0.2, 0.25) is 0 Å². The van der Waals surface area contributed by atoms with Gasteiger partial charge in [-0.25, -0.2) is 0 Å². The highest BCUT2D eigenvalue weighted by molar-refractivity contribution is 5.34. The van der Waals surface area contributed by atoms with Gasteiger partial charge in [0.25, 0.3) is 0 Å². The molecule has 0 aromatic heterocycles. The number of aliphatic imine (C=N–C) groups is 1. The van der Waals surface area contributed by atoms with Crippen LogP contribution in [-0.2, 0) is 6.42 Å². The first-order valence-electron chi connectivity index (χ1n) is 6.28. The van der Waals surface area contributed by atoms with E-state index in [-0.39, 0.29) is 6.04 Å². The van der Waals surface area contributed by atoms with Crippen molar-refractivity contribution in [3.8, 4) is 0 Å². The van der Waals surface area contributed by atoms with Gasteiger partial charge in [-0.05, 0) is 51.5 Å². The van der Waals surface area contributed by atoms with Gasteiger partial charge >= 0.3 is 0 Å². The van der Waals surface area contributed by atoms with Crippen molar-refractivity contribution in [1.29, 1.82) is 0 Å². The molecule has 1 rings (SSSR count). The summed E-state index contributed by atoms with van der Waals surface area (Å²) in [7, 11) is 0. The first-order valence-corrected chi connectivity index (χ1v) is 6.28. The fraction of sp³-hybridized carbons (Fsp3) is 0.438. The largest absolute Gasteiger partial charge is 0.294 e. The number of aryl methyl sites for hydroxylation is 2. The summed E-state index contributed by atoms with van der Waals surface area (Å²) in [6.45, 7) is 12.2. The van der Waals surface area contributed by atoms with E-state index in [9.17, 15) is 0 Å². The first-order chi connectivity index (χ1) is 8.06. The van der Waals surface area contributed by atoms with Crippen LogP contribution < -0.4 is 0 Å². The summed E-state index contributed by atoms with van der Waals surface area (Å²) in [5, 5.41) is 0. The molecule has 1 nitrogen and oxygen atoms in total. The molecule has 1 heteroatoms. The molecule has 0 bridgehead atoms. The van der Waals surface area contributed by atoms with Gasteiger partial charge in [-0.2, -0.15) is 0 Å². The van der Waals surface area contributed by atoms with Crippen molar-refractivity contribution in [2.45, 2.75) is 46.6 Å². The molecule has 1 atom stereocenters. The maximum Gasteiger partial charge on any atom is 0.0647 e. The summed E-state index contributed by atoms with van der Waals surface area (Å²) in [5.41, 5.74) is 5.56. The lowest BCUT2D eigenvalue weighted by molar-refractivity contribution is 0.887. The smallest absolute Gasteiger partial charge is 0.0647 e. The second-order valence-corrected chi connectivity index (χ2v) is 4.71. The fourth-order valence-electron chi connectivity index (χ4n) is 1.98. The molecule has 0 saturated heterocycles. The Hall–Kier alpha value is -1.37. The molecule has 92 valence electrons. The molecule has 0 aliphatic carbocycles. The molecule has 0 aliphatic rings. The van der Waals surface area contributed by atoms with Crippen LogP contribution in [0.4, 0.5) is 0 Å². The van der Waals surface area contributed by atoms with Crippen molar-refractivity contribution in [2.75, 3.05) is 0 Å². The van der Waals surface area contributed by atoms with Crippen LogP contribution in [0.3, 0.4) is 0 Å². The number of allylic oxidation sites excluding steroid dienone is 1. The Balaban J connectivity index is 2.87. The van der Waals surface area contributed by atoms with E-state index in [1.54, 1.807) is 0 Å². The van der Waals surface area contributed by atoms with Crippen LogP contribution in [0.15, 0.2) is 34.8 Å². The lowest BCUT2D eigenvalue weighted by Gasteiger charge is -2.10. The number of hydrogen-bond donors (Lipinski definition) is 0. The molecule has 0 N–H and O–H groups in total. The van der Waals surface area contributed by atoms with Crippen molar-refractivity contribution in [1.82, 2.24) is 0 Å². The maximum absolute atomic E-state index is 4.03. The minimum Gasteiger partial charge on any atom is -0.294 e. The monoisotopic (exact) mass is 229 g/mol. The Kier molecular flexibility index (Phi) is 5.14.